The third kappa shape index (κ3) is 10.1. The van der Waals surface area contributed by atoms with E-state index in [1.807, 2.05) is 71.9 Å². The molecule has 3 amide bonds. The number of ether oxygens (including phenoxy) is 1. The smallest absolute Gasteiger partial charge is 0.321 e. The first-order valence-corrected chi connectivity index (χ1v) is 19.6. The molecule has 12 nitrogen and oxygen atoms in total. The van der Waals surface area contributed by atoms with E-state index in [2.05, 4.69) is 10.3 Å². The highest BCUT2D eigenvalue weighted by Crippen LogP contribution is 2.24. The number of sulfonamides is 1. The first-order valence-electron chi connectivity index (χ1n) is 17.3. The van der Waals surface area contributed by atoms with Crippen LogP contribution < -0.4 is 10.1 Å². The van der Waals surface area contributed by atoms with Crippen LogP contribution in [0.4, 0.5) is 4.79 Å². The summed E-state index contributed by atoms with van der Waals surface area (Å²) >= 11 is 1.26. The van der Waals surface area contributed by atoms with Crippen molar-refractivity contribution in [3.63, 3.8) is 0 Å². The second-order valence-corrected chi connectivity index (χ2v) is 16.8. The van der Waals surface area contributed by atoms with E-state index in [9.17, 15) is 27.9 Å². The number of methoxy groups -OCH3 is 1. The molecule has 4 rings (SSSR count). The van der Waals surface area contributed by atoms with Crippen LogP contribution in [0.1, 0.15) is 62.6 Å². The van der Waals surface area contributed by atoms with Crippen LogP contribution >= 0.6 is 11.3 Å². The number of thiazole rings is 1. The van der Waals surface area contributed by atoms with Crippen molar-refractivity contribution in [1.82, 2.24) is 24.4 Å². The first-order chi connectivity index (χ1) is 24.1. The molecule has 0 radical (unpaired) electrons. The van der Waals surface area contributed by atoms with E-state index < -0.39 is 34.1 Å². The molecule has 14 heteroatoms. The number of hydrogen-bond donors (Lipinski definition) is 2. The number of nitrogens with zero attached hydrogens (tertiary/aromatic N) is 4. The molecule has 1 fully saturated rings. The van der Waals surface area contributed by atoms with Crippen LogP contribution in [0.15, 0.2) is 64.9 Å². The van der Waals surface area contributed by atoms with Crippen molar-refractivity contribution in [2.24, 2.45) is 17.8 Å². The van der Waals surface area contributed by atoms with Gasteiger partial charge in [0.15, 0.2) is 10.8 Å². The van der Waals surface area contributed by atoms with Gasteiger partial charge in [-0.25, -0.2) is 18.2 Å². The summed E-state index contributed by atoms with van der Waals surface area (Å²) in [4.78, 5) is 47.9. The summed E-state index contributed by atoms with van der Waals surface area (Å²) in [6.07, 6.45) is -1.05. The molecule has 51 heavy (non-hydrogen) atoms. The standard InChI is InChI=1S/C37H51N5O7S2/c1-24(2)20-41(51(47,48)30-15-13-29(49-7)14-16-30)22-32(43)31(19-27-11-9-8-10-12-27)39-35(45)33(25(3)4)42-18-17-40(37(42)46)21-28-23-50-36(38-28)34(44)26(5)6/h8-16,23-26,31-33,43H,17-22H2,1-7H3,(H,39,45)/t31-,32-,33-/m0/s1. The molecule has 0 aliphatic carbocycles. The number of amides is 3. The molecule has 0 bridgehead atoms. The molecule has 278 valence electrons. The second-order valence-electron chi connectivity index (χ2n) is 14.0. The van der Waals surface area contributed by atoms with Crippen LogP contribution in [0.5, 0.6) is 5.75 Å². The second kappa shape index (κ2) is 17.6. The van der Waals surface area contributed by atoms with Gasteiger partial charge in [0.25, 0.3) is 0 Å². The fraction of sp³-hybridized carbons (Fsp3) is 0.514. The number of rotatable bonds is 18. The minimum atomic E-state index is -4.02. The van der Waals surface area contributed by atoms with E-state index in [1.54, 1.807) is 22.4 Å². The molecule has 1 aromatic heterocycles. The lowest BCUT2D eigenvalue weighted by Crippen LogP contribution is -2.57. The molecule has 2 heterocycles. The average molecular weight is 742 g/mol. The lowest BCUT2D eigenvalue weighted by molar-refractivity contribution is -0.128. The Morgan fingerprint density at radius 2 is 1.67 bits per heavy atom. The number of aliphatic hydroxyl groups is 1. The quantitative estimate of drug-likeness (QED) is 0.179. The number of urea groups is 1. The number of benzene rings is 2. The van der Waals surface area contributed by atoms with E-state index in [1.165, 1.54) is 39.8 Å². The first kappa shape index (κ1) is 39.9. The van der Waals surface area contributed by atoms with Crippen LogP contribution in [0.3, 0.4) is 0 Å². The van der Waals surface area contributed by atoms with Crippen molar-refractivity contribution in [2.45, 2.75) is 77.6 Å². The maximum atomic E-state index is 14.1. The van der Waals surface area contributed by atoms with Crippen molar-refractivity contribution in [3.05, 3.63) is 76.2 Å². The number of Topliss-reactive ketones (excluding diaryl/α,β-unsaturated/α-hetero) is 1. The summed E-state index contributed by atoms with van der Waals surface area (Å²) in [5, 5.41) is 17.0. The normalized spacial score (nSPS) is 15.6. The van der Waals surface area contributed by atoms with Crippen molar-refractivity contribution in [3.8, 4) is 5.75 Å². The summed E-state index contributed by atoms with van der Waals surface area (Å²) in [5.41, 5.74) is 1.46. The van der Waals surface area contributed by atoms with E-state index in [0.29, 0.717) is 29.5 Å². The molecule has 3 aromatic rings. The Morgan fingerprint density at radius 1 is 1.00 bits per heavy atom. The Labute approximate surface area is 305 Å². The molecular weight excluding hydrogens is 691 g/mol. The van der Waals surface area contributed by atoms with Gasteiger partial charge in [0, 0.05) is 37.5 Å². The van der Waals surface area contributed by atoms with Crippen molar-refractivity contribution in [1.29, 1.82) is 0 Å². The van der Waals surface area contributed by atoms with Crippen LogP contribution in [-0.4, -0.2) is 102 Å². The third-order valence-electron chi connectivity index (χ3n) is 8.75. The number of carbonyl (C=O) groups excluding carboxylic acids is 3. The number of aliphatic hydroxyl groups excluding tert-OH is 1. The molecule has 2 aromatic carbocycles. The zero-order valence-electron chi connectivity index (χ0n) is 30.5. The minimum absolute atomic E-state index is 0.0462. The predicted molar refractivity (Wildman–Crippen MR) is 197 cm³/mol. The number of carbonyl (C=O) groups is 3. The number of ketones is 1. The summed E-state index contributed by atoms with van der Waals surface area (Å²) in [6.45, 7) is 11.9. The van der Waals surface area contributed by atoms with Crippen molar-refractivity contribution >= 4 is 39.1 Å². The maximum absolute atomic E-state index is 14.1. The molecule has 0 unspecified atom stereocenters. The zero-order chi connectivity index (χ0) is 37.5. The van der Waals surface area contributed by atoms with E-state index in [-0.39, 0.29) is 60.5 Å². The van der Waals surface area contributed by atoms with Crippen LogP contribution in [0.25, 0.3) is 0 Å². The predicted octanol–water partition coefficient (Wildman–Crippen LogP) is 4.69. The highest BCUT2D eigenvalue weighted by atomic mass is 32.2. The highest BCUT2D eigenvalue weighted by molar-refractivity contribution is 7.89. The third-order valence-corrected chi connectivity index (χ3v) is 11.5. The lowest BCUT2D eigenvalue weighted by atomic mass is 9.97. The molecule has 1 saturated heterocycles. The SMILES string of the molecule is COc1ccc(S(=O)(=O)N(CC(C)C)C[C@H](O)[C@H](Cc2ccccc2)NC(=O)[C@H](C(C)C)N2CCN(Cc3csc(C(=O)C(C)C)n3)C2=O)cc1. The van der Waals surface area contributed by atoms with Crippen molar-refractivity contribution < 1.29 is 32.6 Å². The Kier molecular flexibility index (Phi) is 13.8. The number of aromatic nitrogens is 1. The maximum Gasteiger partial charge on any atom is 0.321 e. The van der Waals surface area contributed by atoms with Crippen molar-refractivity contribution in [2.75, 3.05) is 33.3 Å². The van der Waals surface area contributed by atoms with Crippen LogP contribution in [0, 0.1) is 17.8 Å². The van der Waals surface area contributed by atoms with Gasteiger partial charge in [0.1, 0.15) is 11.8 Å². The molecule has 1 aliphatic rings. The van der Waals surface area contributed by atoms with Crippen LogP contribution in [-0.2, 0) is 27.8 Å². The fourth-order valence-electron chi connectivity index (χ4n) is 6.08. The summed E-state index contributed by atoms with van der Waals surface area (Å²) in [6, 6.07) is 13.4. The van der Waals surface area contributed by atoms with Gasteiger partial charge in [-0.15, -0.1) is 11.3 Å². The van der Waals surface area contributed by atoms with Gasteiger partial charge in [0.2, 0.25) is 15.9 Å². The summed E-state index contributed by atoms with van der Waals surface area (Å²) in [7, 11) is -2.52. The largest absolute Gasteiger partial charge is 0.497 e. The highest BCUT2D eigenvalue weighted by Gasteiger charge is 2.41. The molecule has 1 aliphatic heterocycles. The van der Waals surface area contributed by atoms with E-state index in [0.717, 1.165) is 5.56 Å². The Morgan fingerprint density at radius 3 is 2.25 bits per heavy atom. The minimum Gasteiger partial charge on any atom is -0.497 e. The van der Waals surface area contributed by atoms with E-state index in [4.69, 9.17) is 4.74 Å². The Balaban J connectivity index is 1.55. The molecule has 3 atom stereocenters. The fourth-order valence-corrected chi connectivity index (χ4v) is 8.59. The van der Waals surface area contributed by atoms with Gasteiger partial charge in [-0.2, -0.15) is 4.31 Å². The Hall–Kier alpha value is -3.85. The molecule has 0 spiro atoms. The van der Waals surface area contributed by atoms with Gasteiger partial charge in [-0.1, -0.05) is 71.9 Å². The van der Waals surface area contributed by atoms with Gasteiger partial charge in [-0.05, 0) is 48.1 Å². The van der Waals surface area contributed by atoms with Gasteiger partial charge in [-0.3, -0.25) is 9.59 Å². The average Bonchev–Trinajstić information content (AvgIpc) is 3.70. The molecular formula is C37H51N5O7S2. The van der Waals surface area contributed by atoms with Gasteiger partial charge < -0.3 is 25.0 Å². The topological polar surface area (TPSA) is 149 Å². The Bertz CT molecular complexity index is 1730. The molecule has 2 N–H and O–H groups in total. The lowest BCUT2D eigenvalue weighted by Gasteiger charge is -2.34. The van der Waals surface area contributed by atoms with Crippen LogP contribution in [0.2, 0.25) is 0 Å². The summed E-state index contributed by atoms with van der Waals surface area (Å²) in [5.74, 6) is -0.468. The van der Waals surface area contributed by atoms with Gasteiger partial charge >= 0.3 is 6.03 Å². The van der Waals surface area contributed by atoms with Gasteiger partial charge in [0.05, 0.1) is 36.4 Å². The summed E-state index contributed by atoms with van der Waals surface area (Å²) < 4.78 is 34.2. The monoisotopic (exact) mass is 741 g/mol. The number of nitrogens with one attached hydrogen (secondary N) is 1. The number of hydrogen-bond acceptors (Lipinski definition) is 9. The molecule has 0 saturated carbocycles. The van der Waals surface area contributed by atoms with E-state index >= 15 is 0 Å². The zero-order valence-corrected chi connectivity index (χ0v) is 32.1.